The number of hydrogen-bond acceptors (Lipinski definition) is 4. The molecule has 5 nitrogen and oxygen atoms in total. The lowest BCUT2D eigenvalue weighted by atomic mass is 10.1. The molecule has 0 saturated heterocycles. The van der Waals surface area contributed by atoms with E-state index in [4.69, 9.17) is 4.74 Å². The highest BCUT2D eigenvalue weighted by Crippen LogP contribution is 2.28. The summed E-state index contributed by atoms with van der Waals surface area (Å²) < 4.78 is 34.6. The second-order valence-corrected chi connectivity index (χ2v) is 4.52. The standard InChI is InChI=1S/C14H12F2N2O3/c15-14(16)21-11-4-2-1-3-8(11)12-17-10-5-6-20-7-9(10)13(19)18-12/h1-4,14H,5-7H2,(H,17,18,19). The fourth-order valence-corrected chi connectivity index (χ4v) is 2.23. The molecule has 0 radical (unpaired) electrons. The summed E-state index contributed by atoms with van der Waals surface area (Å²) in [6.45, 7) is -2.24. The maximum Gasteiger partial charge on any atom is 0.387 e. The van der Waals surface area contributed by atoms with E-state index in [0.29, 0.717) is 29.8 Å². The molecule has 3 rings (SSSR count). The third-order valence-corrected chi connectivity index (χ3v) is 3.19. The highest BCUT2D eigenvalue weighted by molar-refractivity contribution is 5.64. The largest absolute Gasteiger partial charge is 0.434 e. The van der Waals surface area contributed by atoms with Crippen molar-refractivity contribution >= 4 is 0 Å². The average molecular weight is 294 g/mol. The first-order valence-electron chi connectivity index (χ1n) is 6.39. The Bertz CT molecular complexity index is 716. The van der Waals surface area contributed by atoms with Gasteiger partial charge < -0.3 is 14.5 Å². The predicted octanol–water partition coefficient (Wildman–Crippen LogP) is 2.11. The zero-order chi connectivity index (χ0) is 14.8. The predicted molar refractivity (Wildman–Crippen MR) is 70.3 cm³/mol. The van der Waals surface area contributed by atoms with Crippen molar-refractivity contribution in [2.24, 2.45) is 0 Å². The van der Waals surface area contributed by atoms with Crippen LogP contribution in [0.15, 0.2) is 29.1 Å². The highest BCUT2D eigenvalue weighted by Gasteiger charge is 2.18. The van der Waals surface area contributed by atoms with E-state index in [-0.39, 0.29) is 23.7 Å². The molecule has 7 heteroatoms. The molecular weight excluding hydrogens is 282 g/mol. The fourth-order valence-electron chi connectivity index (χ4n) is 2.23. The number of nitrogens with zero attached hydrogens (tertiary/aromatic N) is 1. The van der Waals surface area contributed by atoms with Crippen LogP contribution in [0.25, 0.3) is 11.4 Å². The van der Waals surface area contributed by atoms with Crippen molar-refractivity contribution in [1.29, 1.82) is 0 Å². The van der Waals surface area contributed by atoms with Crippen LogP contribution in [0, 0.1) is 0 Å². The molecule has 0 spiro atoms. The van der Waals surface area contributed by atoms with E-state index in [2.05, 4.69) is 14.7 Å². The Morgan fingerprint density at radius 1 is 1.33 bits per heavy atom. The van der Waals surface area contributed by atoms with Crippen LogP contribution < -0.4 is 10.3 Å². The van der Waals surface area contributed by atoms with Gasteiger partial charge in [-0.05, 0) is 12.1 Å². The molecule has 1 N–H and O–H groups in total. The molecule has 0 amide bonds. The first kappa shape index (κ1) is 13.7. The van der Waals surface area contributed by atoms with Crippen LogP contribution in [0.3, 0.4) is 0 Å². The summed E-state index contributed by atoms with van der Waals surface area (Å²) >= 11 is 0. The van der Waals surface area contributed by atoms with Gasteiger partial charge in [-0.3, -0.25) is 4.79 Å². The normalized spacial score (nSPS) is 14.0. The number of hydrogen-bond donors (Lipinski definition) is 1. The molecule has 0 fully saturated rings. The quantitative estimate of drug-likeness (QED) is 0.941. The summed E-state index contributed by atoms with van der Waals surface area (Å²) in [6, 6.07) is 6.22. The molecule has 110 valence electrons. The number of nitrogens with one attached hydrogen (secondary N) is 1. The van der Waals surface area contributed by atoms with Crippen LogP contribution in [0.2, 0.25) is 0 Å². The molecule has 0 aliphatic carbocycles. The molecule has 0 bridgehead atoms. The van der Waals surface area contributed by atoms with E-state index in [0.717, 1.165) is 0 Å². The molecular formula is C14H12F2N2O3. The Kier molecular flexibility index (Phi) is 3.66. The number of halogens is 2. The maximum atomic E-state index is 12.4. The van der Waals surface area contributed by atoms with Gasteiger partial charge in [0, 0.05) is 6.42 Å². The van der Waals surface area contributed by atoms with E-state index in [1.165, 1.54) is 6.07 Å². The number of H-pyrrole nitrogens is 1. The van der Waals surface area contributed by atoms with Gasteiger partial charge in [0.05, 0.1) is 30.0 Å². The van der Waals surface area contributed by atoms with Gasteiger partial charge >= 0.3 is 6.61 Å². The number of aromatic amines is 1. The molecule has 1 aromatic heterocycles. The zero-order valence-corrected chi connectivity index (χ0v) is 10.9. The van der Waals surface area contributed by atoms with Crippen LogP contribution in [-0.2, 0) is 17.8 Å². The van der Waals surface area contributed by atoms with Gasteiger partial charge in [0.25, 0.3) is 5.56 Å². The smallest absolute Gasteiger partial charge is 0.387 e. The number of ether oxygens (including phenoxy) is 2. The highest BCUT2D eigenvalue weighted by atomic mass is 19.3. The van der Waals surface area contributed by atoms with E-state index in [1.807, 2.05) is 0 Å². The molecule has 2 heterocycles. The van der Waals surface area contributed by atoms with E-state index in [1.54, 1.807) is 18.2 Å². The lowest BCUT2D eigenvalue weighted by Crippen LogP contribution is -2.24. The first-order chi connectivity index (χ1) is 10.1. The van der Waals surface area contributed by atoms with Crippen LogP contribution in [0.1, 0.15) is 11.3 Å². The van der Waals surface area contributed by atoms with E-state index >= 15 is 0 Å². The number of para-hydroxylation sites is 1. The second kappa shape index (κ2) is 5.61. The van der Waals surface area contributed by atoms with Crippen molar-refractivity contribution in [2.75, 3.05) is 6.61 Å². The summed E-state index contributed by atoms with van der Waals surface area (Å²) in [7, 11) is 0. The Hall–Kier alpha value is -2.28. The minimum Gasteiger partial charge on any atom is -0.434 e. The van der Waals surface area contributed by atoms with Crippen molar-refractivity contribution < 1.29 is 18.3 Å². The summed E-state index contributed by atoms with van der Waals surface area (Å²) in [6.07, 6.45) is 0.518. The third-order valence-electron chi connectivity index (χ3n) is 3.19. The topological polar surface area (TPSA) is 64.2 Å². The van der Waals surface area contributed by atoms with Gasteiger partial charge in [0.15, 0.2) is 0 Å². The molecule has 2 aromatic rings. The van der Waals surface area contributed by atoms with Gasteiger partial charge in [-0.25, -0.2) is 4.98 Å². The van der Waals surface area contributed by atoms with Crippen molar-refractivity contribution in [2.45, 2.75) is 19.6 Å². The molecule has 0 atom stereocenters. The van der Waals surface area contributed by atoms with Crippen molar-refractivity contribution in [1.82, 2.24) is 9.97 Å². The van der Waals surface area contributed by atoms with Crippen molar-refractivity contribution in [3.8, 4) is 17.1 Å². The SMILES string of the molecule is O=c1[nH]c(-c2ccccc2OC(F)F)nc2c1COCC2. The van der Waals surface area contributed by atoms with E-state index < -0.39 is 6.61 Å². The van der Waals surface area contributed by atoms with Gasteiger partial charge in [-0.15, -0.1) is 0 Å². The number of fused-ring (bicyclic) bond motifs is 1. The number of alkyl halides is 2. The van der Waals surface area contributed by atoms with Gasteiger partial charge in [-0.2, -0.15) is 8.78 Å². The maximum absolute atomic E-state index is 12.4. The summed E-state index contributed by atoms with van der Waals surface area (Å²) in [4.78, 5) is 19.0. The molecule has 21 heavy (non-hydrogen) atoms. The summed E-state index contributed by atoms with van der Waals surface area (Å²) in [5.41, 5.74) is 1.12. The minimum absolute atomic E-state index is 0.0253. The second-order valence-electron chi connectivity index (χ2n) is 4.52. The summed E-state index contributed by atoms with van der Waals surface area (Å²) in [5.74, 6) is 0.194. The fraction of sp³-hybridized carbons (Fsp3) is 0.286. The lowest BCUT2D eigenvalue weighted by Gasteiger charge is -2.16. The Morgan fingerprint density at radius 2 is 2.14 bits per heavy atom. The van der Waals surface area contributed by atoms with Crippen LogP contribution >= 0.6 is 0 Å². The van der Waals surface area contributed by atoms with Gasteiger partial charge in [0.2, 0.25) is 0 Å². The van der Waals surface area contributed by atoms with Gasteiger partial charge in [0.1, 0.15) is 11.6 Å². The molecule has 1 aromatic carbocycles. The first-order valence-corrected chi connectivity index (χ1v) is 6.39. The summed E-state index contributed by atoms with van der Waals surface area (Å²) in [5, 5.41) is 0. The molecule has 0 saturated carbocycles. The van der Waals surface area contributed by atoms with Crippen LogP contribution in [0.5, 0.6) is 5.75 Å². The monoisotopic (exact) mass is 294 g/mol. The van der Waals surface area contributed by atoms with Crippen molar-refractivity contribution in [3.63, 3.8) is 0 Å². The Balaban J connectivity index is 2.09. The van der Waals surface area contributed by atoms with Gasteiger partial charge in [-0.1, -0.05) is 12.1 Å². The number of aromatic nitrogens is 2. The minimum atomic E-state index is -2.94. The Labute approximate surface area is 118 Å². The zero-order valence-electron chi connectivity index (χ0n) is 10.9. The van der Waals surface area contributed by atoms with E-state index in [9.17, 15) is 13.6 Å². The molecule has 1 aliphatic heterocycles. The third kappa shape index (κ3) is 2.78. The molecule has 0 unspecified atom stereocenters. The average Bonchev–Trinajstić information content (AvgIpc) is 2.47. The Morgan fingerprint density at radius 3 is 2.95 bits per heavy atom. The number of benzene rings is 1. The van der Waals surface area contributed by atoms with Crippen molar-refractivity contribution in [3.05, 3.63) is 45.9 Å². The lowest BCUT2D eigenvalue weighted by molar-refractivity contribution is -0.0494. The number of rotatable bonds is 3. The van der Waals surface area contributed by atoms with Crippen LogP contribution in [0.4, 0.5) is 8.78 Å². The molecule has 1 aliphatic rings. The van der Waals surface area contributed by atoms with Crippen LogP contribution in [-0.4, -0.2) is 23.2 Å².